The molecule has 0 amide bonds. The molecule has 0 saturated heterocycles. The highest BCUT2D eigenvalue weighted by atomic mass is 16.5. The molecular weight excluding hydrogens is 220 g/mol. The van der Waals surface area contributed by atoms with Crippen molar-refractivity contribution in [2.75, 3.05) is 6.61 Å². The van der Waals surface area contributed by atoms with E-state index in [0.29, 0.717) is 6.61 Å². The molecule has 0 aliphatic heterocycles. The summed E-state index contributed by atoms with van der Waals surface area (Å²) in [4.78, 5) is 22.1. The van der Waals surface area contributed by atoms with Gasteiger partial charge >= 0.3 is 11.9 Å². The molecule has 0 aromatic rings. The number of ether oxygens (including phenoxy) is 1. The van der Waals surface area contributed by atoms with E-state index in [4.69, 9.17) is 9.84 Å². The van der Waals surface area contributed by atoms with Crippen molar-refractivity contribution in [3.05, 3.63) is 0 Å². The lowest BCUT2D eigenvalue weighted by atomic mass is 10.1. The van der Waals surface area contributed by atoms with Crippen LogP contribution in [0.3, 0.4) is 0 Å². The molecule has 1 rings (SSSR count). The highest BCUT2D eigenvalue weighted by molar-refractivity contribution is 5.89. The molecule has 1 N–H and O–H groups in total. The number of carboxylic acids is 1. The Hall–Kier alpha value is -1.50. The van der Waals surface area contributed by atoms with E-state index in [1.807, 2.05) is 20.8 Å². The molecule has 0 bridgehead atoms. The van der Waals surface area contributed by atoms with Gasteiger partial charge in [-0.05, 0) is 11.8 Å². The number of rotatable bonds is 4. The van der Waals surface area contributed by atoms with Crippen LogP contribution in [0.5, 0.6) is 0 Å². The summed E-state index contributed by atoms with van der Waals surface area (Å²) in [5, 5.41) is 8.91. The molecule has 2 unspecified atom stereocenters. The van der Waals surface area contributed by atoms with Gasteiger partial charge in [-0.25, -0.2) is 4.79 Å². The monoisotopic (exact) mass is 238 g/mol. The minimum atomic E-state index is -0.853. The Labute approximate surface area is 101 Å². The second kappa shape index (κ2) is 5.22. The first kappa shape index (κ1) is 13.6. The van der Waals surface area contributed by atoms with Gasteiger partial charge in [0.15, 0.2) is 0 Å². The summed E-state index contributed by atoms with van der Waals surface area (Å²) in [6.45, 7) is 6.06. The van der Waals surface area contributed by atoms with Crippen LogP contribution in [0.2, 0.25) is 0 Å². The maximum atomic E-state index is 11.2. The number of unbranched alkanes of at least 4 members (excludes halogenated alkanes) is 1. The lowest BCUT2D eigenvalue weighted by Gasteiger charge is -1.97. The van der Waals surface area contributed by atoms with E-state index in [2.05, 4.69) is 11.8 Å². The fourth-order valence-electron chi connectivity index (χ4n) is 1.85. The van der Waals surface area contributed by atoms with Gasteiger partial charge in [0.2, 0.25) is 0 Å². The van der Waals surface area contributed by atoms with Gasteiger partial charge in [0.05, 0.1) is 12.5 Å². The van der Waals surface area contributed by atoms with E-state index in [0.717, 1.165) is 12.8 Å². The average molecular weight is 238 g/mol. The molecule has 94 valence electrons. The summed E-state index contributed by atoms with van der Waals surface area (Å²) >= 11 is 0. The summed E-state index contributed by atoms with van der Waals surface area (Å²) in [6.07, 6.45) is 1.78. The third-order valence-corrected chi connectivity index (χ3v) is 3.15. The smallest absolute Gasteiger partial charge is 0.384 e. The largest absolute Gasteiger partial charge is 0.481 e. The SMILES string of the molecule is CCCCOC(=O)C#CC1C(C(=O)O)C1(C)C. The summed E-state index contributed by atoms with van der Waals surface area (Å²) in [6, 6.07) is 0. The summed E-state index contributed by atoms with van der Waals surface area (Å²) in [5.74, 6) is 2.93. The predicted molar refractivity (Wildman–Crippen MR) is 62.0 cm³/mol. The second-order valence-corrected chi connectivity index (χ2v) is 4.87. The highest BCUT2D eigenvalue weighted by Crippen LogP contribution is 2.57. The molecular formula is C13H18O4. The van der Waals surface area contributed by atoms with Crippen LogP contribution in [0.15, 0.2) is 0 Å². The highest BCUT2D eigenvalue weighted by Gasteiger charge is 2.61. The number of carboxylic acid groups (broad SMARTS) is 1. The van der Waals surface area contributed by atoms with E-state index in [9.17, 15) is 9.59 Å². The molecule has 0 spiro atoms. The van der Waals surface area contributed by atoms with Crippen molar-refractivity contribution in [3.63, 3.8) is 0 Å². The maximum Gasteiger partial charge on any atom is 0.384 e. The van der Waals surface area contributed by atoms with Crippen molar-refractivity contribution in [2.24, 2.45) is 17.3 Å². The minimum absolute atomic E-state index is 0.251. The van der Waals surface area contributed by atoms with Crippen LogP contribution in [0.1, 0.15) is 33.6 Å². The Kier molecular flexibility index (Phi) is 4.17. The minimum Gasteiger partial charge on any atom is -0.481 e. The Bertz CT molecular complexity index is 373. The first-order valence-electron chi connectivity index (χ1n) is 5.82. The molecule has 4 heteroatoms. The fraction of sp³-hybridized carbons (Fsp3) is 0.692. The van der Waals surface area contributed by atoms with Crippen LogP contribution in [0.4, 0.5) is 0 Å². The maximum absolute atomic E-state index is 11.2. The molecule has 1 saturated carbocycles. The molecule has 2 atom stereocenters. The zero-order chi connectivity index (χ0) is 13.1. The first-order chi connectivity index (χ1) is 7.91. The Morgan fingerprint density at radius 1 is 1.41 bits per heavy atom. The van der Waals surface area contributed by atoms with Crippen LogP contribution in [-0.2, 0) is 14.3 Å². The zero-order valence-corrected chi connectivity index (χ0v) is 10.4. The van der Waals surface area contributed by atoms with Crippen molar-refractivity contribution >= 4 is 11.9 Å². The van der Waals surface area contributed by atoms with Crippen molar-refractivity contribution in [3.8, 4) is 11.8 Å². The predicted octanol–water partition coefficient (Wildman–Crippen LogP) is 1.69. The molecule has 0 aromatic heterocycles. The summed E-state index contributed by atoms with van der Waals surface area (Å²) < 4.78 is 4.86. The standard InChI is InChI=1S/C13H18O4/c1-4-5-8-17-10(14)7-6-9-11(12(15)16)13(9,2)3/h9,11H,4-5,8H2,1-3H3,(H,15,16). The van der Waals surface area contributed by atoms with Crippen LogP contribution < -0.4 is 0 Å². The lowest BCUT2D eigenvalue weighted by Crippen LogP contribution is -2.03. The molecule has 4 nitrogen and oxygen atoms in total. The van der Waals surface area contributed by atoms with E-state index in [1.165, 1.54) is 0 Å². The Morgan fingerprint density at radius 3 is 2.53 bits per heavy atom. The van der Waals surface area contributed by atoms with E-state index in [-0.39, 0.29) is 11.3 Å². The fourth-order valence-corrected chi connectivity index (χ4v) is 1.85. The van der Waals surface area contributed by atoms with Crippen LogP contribution in [-0.4, -0.2) is 23.7 Å². The molecule has 0 radical (unpaired) electrons. The van der Waals surface area contributed by atoms with Gasteiger partial charge in [0.25, 0.3) is 0 Å². The van der Waals surface area contributed by atoms with E-state index in [1.54, 1.807) is 0 Å². The number of aliphatic carboxylic acids is 1. The van der Waals surface area contributed by atoms with Crippen LogP contribution in [0, 0.1) is 29.1 Å². The molecule has 1 aliphatic carbocycles. The van der Waals surface area contributed by atoms with Gasteiger partial charge in [0, 0.05) is 11.8 Å². The number of hydrogen-bond donors (Lipinski definition) is 1. The van der Waals surface area contributed by atoms with Gasteiger partial charge < -0.3 is 9.84 Å². The number of carbonyl (C=O) groups excluding carboxylic acids is 1. The zero-order valence-electron chi connectivity index (χ0n) is 10.4. The van der Waals surface area contributed by atoms with E-state index < -0.39 is 17.9 Å². The van der Waals surface area contributed by atoms with Crippen molar-refractivity contribution in [1.29, 1.82) is 0 Å². The van der Waals surface area contributed by atoms with Gasteiger partial charge in [-0.1, -0.05) is 33.1 Å². The molecule has 0 aromatic carbocycles. The van der Waals surface area contributed by atoms with E-state index >= 15 is 0 Å². The second-order valence-electron chi connectivity index (χ2n) is 4.87. The molecule has 0 heterocycles. The molecule has 17 heavy (non-hydrogen) atoms. The van der Waals surface area contributed by atoms with Gasteiger partial charge in [-0.3, -0.25) is 4.79 Å². The summed E-state index contributed by atoms with van der Waals surface area (Å²) in [5.41, 5.74) is -0.345. The Morgan fingerprint density at radius 2 is 2.06 bits per heavy atom. The van der Waals surface area contributed by atoms with Crippen molar-refractivity contribution < 1.29 is 19.4 Å². The number of hydrogen-bond acceptors (Lipinski definition) is 3. The van der Waals surface area contributed by atoms with Crippen LogP contribution >= 0.6 is 0 Å². The molecule has 1 aliphatic rings. The first-order valence-corrected chi connectivity index (χ1v) is 5.82. The summed E-state index contributed by atoms with van der Waals surface area (Å²) in [7, 11) is 0. The van der Waals surface area contributed by atoms with Gasteiger partial charge in [-0.2, -0.15) is 0 Å². The third kappa shape index (κ3) is 3.23. The van der Waals surface area contributed by atoms with Crippen molar-refractivity contribution in [2.45, 2.75) is 33.6 Å². The third-order valence-electron chi connectivity index (χ3n) is 3.15. The lowest BCUT2D eigenvalue weighted by molar-refractivity contribution is -0.139. The van der Waals surface area contributed by atoms with Crippen molar-refractivity contribution in [1.82, 2.24) is 0 Å². The topological polar surface area (TPSA) is 63.6 Å². The average Bonchev–Trinajstić information content (AvgIpc) is 2.78. The Balaban J connectivity index is 2.46. The van der Waals surface area contributed by atoms with Crippen LogP contribution in [0.25, 0.3) is 0 Å². The molecule has 1 fully saturated rings. The normalized spacial score (nSPS) is 24.4. The van der Waals surface area contributed by atoms with Gasteiger partial charge in [-0.15, -0.1) is 0 Å². The quantitative estimate of drug-likeness (QED) is 0.350. The number of esters is 1. The number of carbonyl (C=O) groups is 2. The van der Waals surface area contributed by atoms with Gasteiger partial charge in [0.1, 0.15) is 0 Å².